The molecule has 140 valence electrons. The molecule has 7 heteroatoms. The molecule has 0 radical (unpaired) electrons. The molecule has 0 aliphatic carbocycles. The average Bonchev–Trinajstić information content (AvgIpc) is 3.13. The van der Waals surface area contributed by atoms with E-state index in [4.69, 9.17) is 5.10 Å². The molecule has 0 unspecified atom stereocenters. The molecule has 0 aliphatic rings. The van der Waals surface area contributed by atoms with Gasteiger partial charge in [-0.25, -0.2) is 9.20 Å². The van der Waals surface area contributed by atoms with Gasteiger partial charge in [-0.15, -0.1) is 0 Å². The van der Waals surface area contributed by atoms with E-state index < -0.39 is 0 Å². The van der Waals surface area contributed by atoms with Gasteiger partial charge in [0.05, 0.1) is 36.8 Å². The number of methoxy groups -OCH3 is 1. The van der Waals surface area contributed by atoms with E-state index in [-0.39, 0.29) is 24.5 Å². The Hall–Kier alpha value is -3.74. The first kappa shape index (κ1) is 17.7. The summed E-state index contributed by atoms with van der Waals surface area (Å²) in [5, 5.41) is 9.21. The molecule has 3 heterocycles. The van der Waals surface area contributed by atoms with Gasteiger partial charge in [0, 0.05) is 17.8 Å². The van der Waals surface area contributed by atoms with E-state index in [1.165, 1.54) is 17.9 Å². The molecule has 1 aromatic carbocycles. The van der Waals surface area contributed by atoms with Crippen molar-refractivity contribution < 1.29 is 9.53 Å². The monoisotopic (exact) mass is 374 g/mol. The van der Waals surface area contributed by atoms with Crippen LogP contribution >= 0.6 is 0 Å². The maximum absolute atomic E-state index is 12.2. The quantitative estimate of drug-likeness (QED) is 0.502. The Morgan fingerprint density at radius 2 is 1.79 bits per heavy atom. The second-order valence-corrected chi connectivity index (χ2v) is 6.23. The van der Waals surface area contributed by atoms with Gasteiger partial charge in [-0.1, -0.05) is 36.4 Å². The predicted octanol–water partition coefficient (Wildman–Crippen LogP) is 2.79. The van der Waals surface area contributed by atoms with Crippen LogP contribution in [-0.4, -0.2) is 32.5 Å². The van der Waals surface area contributed by atoms with Gasteiger partial charge >= 0.3 is 5.97 Å². The topological polar surface area (TPSA) is 78.5 Å². The molecule has 0 spiro atoms. The van der Waals surface area contributed by atoms with Gasteiger partial charge in [-0.05, 0) is 18.2 Å². The lowest BCUT2D eigenvalue weighted by Gasteiger charge is -2.07. The normalized spacial score (nSPS) is 10.9. The Labute approximate surface area is 160 Å². The molecule has 4 aromatic rings. The largest absolute Gasteiger partial charge is 0.469 e. The first-order chi connectivity index (χ1) is 13.7. The van der Waals surface area contributed by atoms with Crippen molar-refractivity contribution in [3.8, 4) is 22.5 Å². The summed E-state index contributed by atoms with van der Waals surface area (Å²) in [5.74, 6) is -0.389. The van der Waals surface area contributed by atoms with Crippen molar-refractivity contribution in [3.63, 3.8) is 0 Å². The number of esters is 1. The highest BCUT2D eigenvalue weighted by Crippen LogP contribution is 2.33. The maximum Gasteiger partial charge on any atom is 0.307 e. The van der Waals surface area contributed by atoms with Crippen LogP contribution in [0.2, 0.25) is 0 Å². The summed E-state index contributed by atoms with van der Waals surface area (Å²) in [7, 11) is 1.32. The minimum Gasteiger partial charge on any atom is -0.469 e. The molecule has 0 N–H and O–H groups in total. The Balaban J connectivity index is 1.87. The highest BCUT2D eigenvalue weighted by atomic mass is 16.5. The number of rotatable bonds is 5. The third kappa shape index (κ3) is 3.29. The van der Waals surface area contributed by atoms with Crippen LogP contribution in [0.1, 0.15) is 6.42 Å². The fourth-order valence-corrected chi connectivity index (χ4v) is 3.09. The van der Waals surface area contributed by atoms with Crippen LogP contribution in [-0.2, 0) is 16.1 Å². The fraction of sp³-hybridized carbons (Fsp3) is 0.143. The summed E-state index contributed by atoms with van der Waals surface area (Å²) in [6.07, 6.45) is 1.95. The number of hydrogen-bond acceptors (Lipinski definition) is 5. The molecule has 7 nitrogen and oxygen atoms in total. The number of fused-ring (bicyclic) bond motifs is 1. The number of aromatic nitrogens is 4. The number of benzene rings is 1. The first-order valence-corrected chi connectivity index (χ1v) is 8.85. The summed E-state index contributed by atoms with van der Waals surface area (Å²) in [6.45, 7) is 0.152. The molecule has 3 aromatic heterocycles. The van der Waals surface area contributed by atoms with Crippen molar-refractivity contribution in [1.82, 2.24) is 19.4 Å². The second-order valence-electron chi connectivity index (χ2n) is 6.23. The molecule has 0 fully saturated rings. The summed E-state index contributed by atoms with van der Waals surface area (Å²) in [6, 6.07) is 18.8. The Morgan fingerprint density at radius 3 is 2.57 bits per heavy atom. The van der Waals surface area contributed by atoms with Crippen LogP contribution in [0.5, 0.6) is 0 Å². The lowest BCUT2D eigenvalue weighted by molar-refractivity contribution is -0.140. The second kappa shape index (κ2) is 7.48. The van der Waals surface area contributed by atoms with Gasteiger partial charge in [-0.3, -0.25) is 9.59 Å². The average molecular weight is 374 g/mol. The van der Waals surface area contributed by atoms with Crippen LogP contribution in [0.15, 0.2) is 71.7 Å². The minimum absolute atomic E-state index is 0.0765. The van der Waals surface area contributed by atoms with Gasteiger partial charge < -0.3 is 4.74 Å². The summed E-state index contributed by atoms with van der Waals surface area (Å²) < 4.78 is 7.73. The fourth-order valence-electron chi connectivity index (χ4n) is 3.09. The Kier molecular flexibility index (Phi) is 4.72. The van der Waals surface area contributed by atoms with E-state index in [1.54, 1.807) is 10.6 Å². The zero-order valence-electron chi connectivity index (χ0n) is 15.3. The number of nitrogens with zero attached hydrogens (tertiary/aromatic N) is 4. The highest BCUT2D eigenvalue weighted by molar-refractivity contribution is 5.90. The lowest BCUT2D eigenvalue weighted by Crippen LogP contribution is -2.23. The van der Waals surface area contributed by atoms with Crippen molar-refractivity contribution in [1.29, 1.82) is 0 Å². The standard InChI is InChI=1S/C21H18N4O3/c1-28-19(27)12-14-25-18(26)11-10-16(22-25)20-17-9-5-6-13-24(17)23-21(20)15-7-3-2-4-8-15/h2-11,13H,12,14H2,1H3. The molecule has 0 bridgehead atoms. The number of carbonyl (C=O) groups excluding carboxylic acids is 1. The molecule has 0 atom stereocenters. The van der Waals surface area contributed by atoms with Gasteiger partial charge in [-0.2, -0.15) is 10.2 Å². The molecular formula is C21H18N4O3. The molecule has 4 rings (SSSR count). The number of aryl methyl sites for hydroxylation is 1. The molecule has 0 amide bonds. The van der Waals surface area contributed by atoms with Crippen molar-refractivity contribution in [2.75, 3.05) is 7.11 Å². The third-order valence-electron chi connectivity index (χ3n) is 4.47. The van der Waals surface area contributed by atoms with Gasteiger partial charge in [0.2, 0.25) is 0 Å². The van der Waals surface area contributed by atoms with Gasteiger partial charge in [0.1, 0.15) is 5.69 Å². The Morgan fingerprint density at radius 1 is 1.00 bits per heavy atom. The number of ether oxygens (including phenoxy) is 1. The molecule has 0 saturated heterocycles. The van der Waals surface area contributed by atoms with Crippen molar-refractivity contribution >= 4 is 11.5 Å². The highest BCUT2D eigenvalue weighted by Gasteiger charge is 2.18. The van der Waals surface area contributed by atoms with Crippen LogP contribution < -0.4 is 5.56 Å². The Bertz CT molecular complexity index is 1200. The van der Waals surface area contributed by atoms with E-state index in [2.05, 4.69) is 9.84 Å². The van der Waals surface area contributed by atoms with Crippen LogP contribution in [0, 0.1) is 0 Å². The van der Waals surface area contributed by atoms with E-state index >= 15 is 0 Å². The number of pyridine rings is 1. The van der Waals surface area contributed by atoms with Gasteiger partial charge in [0.15, 0.2) is 0 Å². The number of hydrogen-bond donors (Lipinski definition) is 0. The molecule has 0 aliphatic heterocycles. The van der Waals surface area contributed by atoms with Crippen molar-refractivity contribution in [2.45, 2.75) is 13.0 Å². The minimum atomic E-state index is -0.389. The molecular weight excluding hydrogens is 356 g/mol. The van der Waals surface area contributed by atoms with Crippen molar-refractivity contribution in [2.24, 2.45) is 0 Å². The van der Waals surface area contributed by atoms with Crippen LogP contribution in [0.3, 0.4) is 0 Å². The third-order valence-corrected chi connectivity index (χ3v) is 4.47. The SMILES string of the molecule is COC(=O)CCn1nc(-c2c(-c3ccccc3)nn3ccccc23)ccc1=O. The molecule has 28 heavy (non-hydrogen) atoms. The summed E-state index contributed by atoms with van der Waals surface area (Å²) >= 11 is 0. The predicted molar refractivity (Wildman–Crippen MR) is 105 cm³/mol. The summed E-state index contributed by atoms with van der Waals surface area (Å²) in [4.78, 5) is 23.6. The van der Waals surface area contributed by atoms with E-state index in [0.717, 1.165) is 22.3 Å². The van der Waals surface area contributed by atoms with Crippen molar-refractivity contribution in [3.05, 3.63) is 77.2 Å². The van der Waals surface area contributed by atoms with Crippen LogP contribution in [0.25, 0.3) is 28.0 Å². The van der Waals surface area contributed by atoms with E-state index in [1.807, 2.05) is 54.7 Å². The number of carbonyl (C=O) groups is 1. The lowest BCUT2D eigenvalue weighted by atomic mass is 10.0. The smallest absolute Gasteiger partial charge is 0.307 e. The van der Waals surface area contributed by atoms with Crippen LogP contribution in [0.4, 0.5) is 0 Å². The zero-order chi connectivity index (χ0) is 19.5. The van der Waals surface area contributed by atoms with E-state index in [0.29, 0.717) is 5.69 Å². The van der Waals surface area contributed by atoms with Gasteiger partial charge in [0.25, 0.3) is 5.56 Å². The van der Waals surface area contributed by atoms with E-state index in [9.17, 15) is 9.59 Å². The maximum atomic E-state index is 12.2. The summed E-state index contributed by atoms with van der Waals surface area (Å²) in [5.41, 5.74) is 3.79. The zero-order valence-corrected chi connectivity index (χ0v) is 15.3. The molecule has 0 saturated carbocycles. The first-order valence-electron chi connectivity index (χ1n) is 8.85.